The lowest BCUT2D eigenvalue weighted by Gasteiger charge is -2.16. The minimum absolute atomic E-state index is 0.121. The number of hydrogen-bond donors (Lipinski definition) is 1. The summed E-state index contributed by atoms with van der Waals surface area (Å²) in [6.07, 6.45) is 0.978. The maximum Gasteiger partial charge on any atom is 0.266 e. The zero-order valence-electron chi connectivity index (χ0n) is 19.4. The van der Waals surface area contributed by atoms with E-state index in [1.807, 2.05) is 49.4 Å². The van der Waals surface area contributed by atoms with Crippen LogP contribution in [0.25, 0.3) is 16.6 Å². The molecule has 0 spiro atoms. The van der Waals surface area contributed by atoms with Crippen LogP contribution in [0.15, 0.2) is 82.7 Å². The average molecular weight is 474 g/mol. The Balaban J connectivity index is 1.59. The van der Waals surface area contributed by atoms with Crippen LogP contribution in [0.5, 0.6) is 5.75 Å². The number of hydrogen-bond acceptors (Lipinski definition) is 5. The van der Waals surface area contributed by atoms with Crippen LogP contribution >= 0.6 is 11.8 Å². The lowest BCUT2D eigenvalue weighted by atomic mass is 10.1. The van der Waals surface area contributed by atoms with E-state index < -0.39 is 0 Å². The number of thioether (sulfide) groups is 1. The second kappa shape index (κ2) is 10.6. The molecule has 0 saturated carbocycles. The molecule has 4 rings (SSSR count). The van der Waals surface area contributed by atoms with Gasteiger partial charge in [-0.05, 0) is 48.7 Å². The Kier molecular flexibility index (Phi) is 7.33. The first kappa shape index (κ1) is 23.6. The predicted molar refractivity (Wildman–Crippen MR) is 137 cm³/mol. The van der Waals surface area contributed by atoms with Crippen molar-refractivity contribution in [1.29, 1.82) is 0 Å². The highest BCUT2D eigenvalue weighted by Crippen LogP contribution is 2.24. The van der Waals surface area contributed by atoms with Crippen molar-refractivity contribution in [1.82, 2.24) is 14.9 Å². The fraction of sp³-hybridized carbons (Fsp3) is 0.222. The molecule has 1 N–H and O–H groups in total. The molecule has 0 saturated heterocycles. The second-order valence-electron chi connectivity index (χ2n) is 7.93. The Hall–Kier alpha value is -3.58. The smallest absolute Gasteiger partial charge is 0.266 e. The van der Waals surface area contributed by atoms with Crippen LogP contribution in [0.1, 0.15) is 31.0 Å². The Morgan fingerprint density at radius 1 is 1.09 bits per heavy atom. The highest BCUT2D eigenvalue weighted by atomic mass is 32.2. The lowest BCUT2D eigenvalue weighted by molar-refractivity contribution is -0.119. The molecule has 0 fully saturated rings. The van der Waals surface area contributed by atoms with E-state index >= 15 is 0 Å². The zero-order chi connectivity index (χ0) is 24.1. The molecule has 6 nitrogen and oxygen atoms in total. The Bertz CT molecular complexity index is 1370. The van der Waals surface area contributed by atoms with E-state index in [-0.39, 0.29) is 23.3 Å². The molecule has 0 aliphatic heterocycles. The number of amides is 1. The standard InChI is InChI=1S/C27H27N3O3S/c1-4-19-12-14-20(15-13-19)18(2)28-25(31)17-34-27-29-24-11-6-5-10-23(24)26(32)30(27)21-8-7-9-22(16-21)33-3/h5-16,18H,4,17H2,1-3H3,(H,28,31). The summed E-state index contributed by atoms with van der Waals surface area (Å²) in [4.78, 5) is 30.8. The Labute approximate surface area is 203 Å². The maximum absolute atomic E-state index is 13.4. The van der Waals surface area contributed by atoms with Gasteiger partial charge in [0.25, 0.3) is 5.56 Å². The summed E-state index contributed by atoms with van der Waals surface area (Å²) in [6.45, 7) is 4.08. The quantitative estimate of drug-likeness (QED) is 0.290. The second-order valence-corrected chi connectivity index (χ2v) is 8.87. The molecule has 1 heterocycles. The molecule has 3 aromatic carbocycles. The predicted octanol–water partition coefficient (Wildman–Crippen LogP) is 4.93. The number of nitrogens with one attached hydrogen (secondary N) is 1. The van der Waals surface area contributed by atoms with Gasteiger partial charge in [0.2, 0.25) is 5.91 Å². The van der Waals surface area contributed by atoms with Crippen LogP contribution in [0.2, 0.25) is 0 Å². The fourth-order valence-corrected chi connectivity index (χ4v) is 4.55. The number of carbonyl (C=O) groups excluding carboxylic acids is 1. The summed E-state index contributed by atoms with van der Waals surface area (Å²) in [7, 11) is 1.58. The van der Waals surface area contributed by atoms with Crippen molar-refractivity contribution in [2.75, 3.05) is 12.9 Å². The van der Waals surface area contributed by atoms with Crippen LogP contribution in [0.4, 0.5) is 0 Å². The third kappa shape index (κ3) is 5.15. The van der Waals surface area contributed by atoms with Gasteiger partial charge in [0.1, 0.15) is 5.75 Å². The van der Waals surface area contributed by atoms with Gasteiger partial charge in [0.05, 0.1) is 35.5 Å². The van der Waals surface area contributed by atoms with Gasteiger partial charge in [-0.3, -0.25) is 14.2 Å². The first-order chi connectivity index (χ1) is 16.5. The zero-order valence-corrected chi connectivity index (χ0v) is 20.3. The van der Waals surface area contributed by atoms with E-state index in [4.69, 9.17) is 9.72 Å². The molecule has 0 aliphatic carbocycles. The first-order valence-electron chi connectivity index (χ1n) is 11.2. The minimum atomic E-state index is -0.189. The summed E-state index contributed by atoms with van der Waals surface area (Å²) >= 11 is 1.23. The van der Waals surface area contributed by atoms with Gasteiger partial charge in [-0.2, -0.15) is 0 Å². The van der Waals surface area contributed by atoms with Gasteiger partial charge < -0.3 is 10.1 Å². The van der Waals surface area contributed by atoms with E-state index in [1.54, 1.807) is 25.3 Å². The summed E-state index contributed by atoms with van der Waals surface area (Å²) in [5, 5.41) is 4.01. The SMILES string of the molecule is CCc1ccc(C(C)NC(=O)CSc2nc3ccccc3c(=O)n2-c2cccc(OC)c2)cc1. The van der Waals surface area contributed by atoms with Crippen molar-refractivity contribution in [3.63, 3.8) is 0 Å². The molecular formula is C27H27N3O3S. The highest BCUT2D eigenvalue weighted by molar-refractivity contribution is 7.99. The van der Waals surface area contributed by atoms with Crippen LogP contribution in [-0.2, 0) is 11.2 Å². The van der Waals surface area contributed by atoms with Gasteiger partial charge in [-0.1, -0.05) is 61.2 Å². The van der Waals surface area contributed by atoms with Gasteiger partial charge in [-0.15, -0.1) is 0 Å². The number of carbonyl (C=O) groups is 1. The van der Waals surface area contributed by atoms with Crippen molar-refractivity contribution in [3.05, 3.63) is 94.3 Å². The van der Waals surface area contributed by atoms with Gasteiger partial charge in [0, 0.05) is 6.07 Å². The summed E-state index contributed by atoms with van der Waals surface area (Å²) in [5.41, 5.74) is 3.35. The van der Waals surface area contributed by atoms with E-state index in [0.29, 0.717) is 27.5 Å². The number of fused-ring (bicyclic) bond motifs is 1. The molecule has 1 unspecified atom stereocenters. The number of benzene rings is 3. The molecule has 1 atom stereocenters. The third-order valence-electron chi connectivity index (χ3n) is 5.65. The molecular weight excluding hydrogens is 446 g/mol. The normalized spacial score (nSPS) is 11.9. The Morgan fingerprint density at radius 2 is 1.85 bits per heavy atom. The van der Waals surface area contributed by atoms with E-state index in [9.17, 15) is 9.59 Å². The number of nitrogens with zero attached hydrogens (tertiary/aromatic N) is 2. The number of para-hydroxylation sites is 1. The van der Waals surface area contributed by atoms with Crippen LogP contribution in [0.3, 0.4) is 0 Å². The van der Waals surface area contributed by atoms with E-state index in [0.717, 1.165) is 12.0 Å². The molecule has 4 aromatic rings. The third-order valence-corrected chi connectivity index (χ3v) is 6.59. The summed E-state index contributed by atoms with van der Waals surface area (Å²) in [5.74, 6) is 0.636. The van der Waals surface area contributed by atoms with Crippen molar-refractivity contribution < 1.29 is 9.53 Å². The first-order valence-corrected chi connectivity index (χ1v) is 12.2. The minimum Gasteiger partial charge on any atom is -0.497 e. The number of methoxy groups -OCH3 is 1. The van der Waals surface area contributed by atoms with Crippen molar-refractivity contribution >= 4 is 28.6 Å². The monoisotopic (exact) mass is 473 g/mol. The molecule has 1 amide bonds. The maximum atomic E-state index is 13.4. The van der Waals surface area contributed by atoms with Crippen molar-refractivity contribution in [2.24, 2.45) is 0 Å². The molecule has 0 radical (unpaired) electrons. The lowest BCUT2D eigenvalue weighted by Crippen LogP contribution is -2.29. The average Bonchev–Trinajstić information content (AvgIpc) is 2.87. The van der Waals surface area contributed by atoms with Crippen LogP contribution in [0, 0.1) is 0 Å². The molecule has 0 bridgehead atoms. The summed E-state index contributed by atoms with van der Waals surface area (Å²) < 4.78 is 6.87. The van der Waals surface area contributed by atoms with Crippen LogP contribution in [-0.4, -0.2) is 28.3 Å². The topological polar surface area (TPSA) is 73.2 Å². The number of aromatic nitrogens is 2. The van der Waals surface area contributed by atoms with Crippen molar-refractivity contribution in [2.45, 2.75) is 31.5 Å². The van der Waals surface area contributed by atoms with Gasteiger partial charge in [0.15, 0.2) is 5.16 Å². The summed E-state index contributed by atoms with van der Waals surface area (Å²) in [6, 6.07) is 22.6. The molecule has 34 heavy (non-hydrogen) atoms. The largest absolute Gasteiger partial charge is 0.497 e. The van der Waals surface area contributed by atoms with Gasteiger partial charge >= 0.3 is 0 Å². The number of rotatable bonds is 8. The molecule has 174 valence electrons. The fourth-order valence-electron chi connectivity index (χ4n) is 3.73. The van der Waals surface area contributed by atoms with Gasteiger partial charge in [-0.25, -0.2) is 4.98 Å². The van der Waals surface area contributed by atoms with E-state index in [1.165, 1.54) is 21.9 Å². The molecule has 0 aliphatic rings. The number of aryl methyl sites for hydroxylation is 1. The molecule has 1 aromatic heterocycles. The Morgan fingerprint density at radius 3 is 2.59 bits per heavy atom. The highest BCUT2D eigenvalue weighted by Gasteiger charge is 2.16. The van der Waals surface area contributed by atoms with Crippen molar-refractivity contribution in [3.8, 4) is 11.4 Å². The number of ether oxygens (including phenoxy) is 1. The molecule has 7 heteroatoms. The van der Waals surface area contributed by atoms with E-state index in [2.05, 4.69) is 24.4 Å². The van der Waals surface area contributed by atoms with Crippen LogP contribution < -0.4 is 15.6 Å².